The fourth-order valence-corrected chi connectivity index (χ4v) is 6.79. The largest absolute Gasteiger partial charge is 0.413 e. The molecule has 1 aliphatic carbocycles. The number of rotatable bonds is 12. The number of ketones is 1. The monoisotopic (exact) mass is 512 g/mol. The van der Waals surface area contributed by atoms with Gasteiger partial charge in [-0.25, -0.2) is 0 Å². The van der Waals surface area contributed by atoms with Crippen LogP contribution in [0.4, 0.5) is 0 Å². The number of Topliss-reactive ketones (excluding diaryl/α,β-unsaturated/α-hetero) is 1. The van der Waals surface area contributed by atoms with E-state index in [1.54, 1.807) is 0 Å². The van der Waals surface area contributed by atoms with Crippen molar-refractivity contribution >= 4 is 22.4 Å². The minimum atomic E-state index is -2.04. The summed E-state index contributed by atoms with van der Waals surface area (Å²) >= 11 is 0. The molecular weight excluding hydrogens is 456 g/mol. The van der Waals surface area contributed by atoms with Crippen LogP contribution in [0.25, 0.3) is 0 Å². The number of hydrogen-bond acceptors (Lipinski definition) is 4. The molecule has 0 radical (unpaired) electrons. The Kier molecular flexibility index (Phi) is 11.5. The average Bonchev–Trinajstić information content (AvgIpc) is 2.95. The van der Waals surface area contributed by atoms with Gasteiger partial charge in [0.25, 0.3) is 0 Å². The van der Waals surface area contributed by atoms with Crippen molar-refractivity contribution in [2.75, 3.05) is 6.61 Å². The van der Waals surface area contributed by atoms with Gasteiger partial charge < -0.3 is 14.0 Å². The van der Waals surface area contributed by atoms with Crippen LogP contribution in [0.3, 0.4) is 0 Å². The molecule has 5 unspecified atom stereocenters. The quantitative estimate of drug-likeness (QED) is 0.215. The molecule has 4 nitrogen and oxygen atoms in total. The lowest BCUT2D eigenvalue weighted by Crippen LogP contribution is -2.45. The van der Waals surface area contributed by atoms with E-state index < -0.39 is 16.6 Å². The highest BCUT2D eigenvalue weighted by Gasteiger charge is 2.47. The zero-order chi connectivity index (χ0) is 26.5. The molecule has 0 bridgehead atoms. The molecule has 1 saturated carbocycles. The molecule has 0 aromatic heterocycles. The number of carbonyl (C=O) groups is 1. The molecule has 0 amide bonds. The molecule has 0 saturated heterocycles. The first-order valence-electron chi connectivity index (χ1n) is 13.5. The van der Waals surface area contributed by atoms with E-state index in [1.165, 1.54) is 19.3 Å². The standard InChI is InChI=1S/C28H56O4Si2/c1-13-14-15-21(2)18-22(31-33(9,10)27(3,4)5)16-17-23-24(20-29)25(30)19-26(23)32-34(11,12)28(6,7)8/h16-17,21-24,26,29H,13-15,18-20H2,1-12H3. The van der Waals surface area contributed by atoms with E-state index in [-0.39, 0.29) is 46.5 Å². The first-order valence-corrected chi connectivity index (χ1v) is 19.4. The average molecular weight is 513 g/mol. The maximum absolute atomic E-state index is 12.8. The molecule has 1 rings (SSSR count). The van der Waals surface area contributed by atoms with Crippen molar-refractivity contribution in [1.29, 1.82) is 0 Å². The topological polar surface area (TPSA) is 55.8 Å². The van der Waals surface area contributed by atoms with Crippen LogP contribution in [0.5, 0.6) is 0 Å². The molecule has 1 N–H and O–H groups in total. The second kappa shape index (κ2) is 12.3. The van der Waals surface area contributed by atoms with E-state index in [4.69, 9.17) is 8.85 Å². The molecule has 0 aromatic carbocycles. The summed E-state index contributed by atoms with van der Waals surface area (Å²) < 4.78 is 13.6. The number of hydrogen-bond donors (Lipinski definition) is 1. The van der Waals surface area contributed by atoms with E-state index in [1.807, 2.05) is 0 Å². The highest BCUT2D eigenvalue weighted by Crippen LogP contribution is 2.42. The van der Waals surface area contributed by atoms with Gasteiger partial charge in [-0.05, 0) is 48.6 Å². The van der Waals surface area contributed by atoms with Crippen LogP contribution in [0.15, 0.2) is 12.2 Å². The third kappa shape index (κ3) is 8.68. The summed E-state index contributed by atoms with van der Waals surface area (Å²) in [6.07, 6.45) is 9.27. The summed E-state index contributed by atoms with van der Waals surface area (Å²) in [6.45, 7) is 27.1. The molecule has 0 spiro atoms. The van der Waals surface area contributed by atoms with Crippen molar-refractivity contribution in [3.8, 4) is 0 Å². The Morgan fingerprint density at radius 3 is 2.09 bits per heavy atom. The number of aliphatic hydroxyl groups is 1. The number of aliphatic hydroxyl groups excluding tert-OH is 1. The van der Waals surface area contributed by atoms with Gasteiger partial charge in [0.2, 0.25) is 0 Å². The van der Waals surface area contributed by atoms with Gasteiger partial charge in [-0.1, -0.05) is 86.8 Å². The van der Waals surface area contributed by atoms with Crippen LogP contribution in [0, 0.1) is 17.8 Å². The second-order valence-electron chi connectivity index (χ2n) is 13.7. The van der Waals surface area contributed by atoms with Gasteiger partial charge in [-0.15, -0.1) is 0 Å². The molecule has 0 aromatic rings. The second-order valence-corrected chi connectivity index (χ2v) is 23.3. The highest BCUT2D eigenvalue weighted by molar-refractivity contribution is 6.74. The Bertz CT molecular complexity index is 673. The van der Waals surface area contributed by atoms with Gasteiger partial charge in [-0.3, -0.25) is 4.79 Å². The van der Waals surface area contributed by atoms with Crippen molar-refractivity contribution < 1.29 is 18.8 Å². The molecule has 0 heterocycles. The summed E-state index contributed by atoms with van der Waals surface area (Å²) in [5.74, 6) is 0.233. The van der Waals surface area contributed by atoms with Gasteiger partial charge in [0.1, 0.15) is 5.78 Å². The molecule has 6 heteroatoms. The normalized spacial score (nSPS) is 24.7. The smallest absolute Gasteiger partial charge is 0.192 e. The summed E-state index contributed by atoms with van der Waals surface area (Å²) in [5.41, 5.74) is 0. The lowest BCUT2D eigenvalue weighted by Gasteiger charge is -2.40. The van der Waals surface area contributed by atoms with Crippen molar-refractivity contribution in [1.82, 2.24) is 0 Å². The minimum Gasteiger partial charge on any atom is -0.413 e. The summed E-state index contributed by atoms with van der Waals surface area (Å²) in [5, 5.41) is 10.3. The van der Waals surface area contributed by atoms with Crippen LogP contribution < -0.4 is 0 Å². The van der Waals surface area contributed by atoms with Crippen molar-refractivity contribution in [2.24, 2.45) is 17.8 Å². The first-order chi connectivity index (χ1) is 15.4. The Morgan fingerprint density at radius 1 is 1.06 bits per heavy atom. The van der Waals surface area contributed by atoms with E-state index in [0.29, 0.717) is 12.3 Å². The molecule has 0 aliphatic heterocycles. The Labute approximate surface area is 213 Å². The van der Waals surface area contributed by atoms with Crippen LogP contribution in [0.2, 0.25) is 36.3 Å². The lowest BCUT2D eigenvalue weighted by atomic mass is 9.92. The third-order valence-electron chi connectivity index (χ3n) is 8.64. The highest BCUT2D eigenvalue weighted by atomic mass is 28.4. The van der Waals surface area contributed by atoms with Crippen LogP contribution in [-0.4, -0.2) is 46.3 Å². The zero-order valence-corrected chi connectivity index (χ0v) is 26.5. The van der Waals surface area contributed by atoms with Gasteiger partial charge in [0, 0.05) is 18.3 Å². The van der Waals surface area contributed by atoms with E-state index in [0.717, 1.165) is 6.42 Å². The van der Waals surface area contributed by atoms with Crippen LogP contribution in [0.1, 0.15) is 87.5 Å². The summed E-state index contributed by atoms with van der Waals surface area (Å²) in [4.78, 5) is 12.8. The molecule has 34 heavy (non-hydrogen) atoms. The minimum absolute atomic E-state index is 0.0244. The van der Waals surface area contributed by atoms with Gasteiger partial charge in [0.05, 0.1) is 18.8 Å². The molecule has 5 atom stereocenters. The van der Waals surface area contributed by atoms with Gasteiger partial charge in [0.15, 0.2) is 16.6 Å². The summed E-state index contributed by atoms with van der Waals surface area (Å²) in [7, 11) is -3.99. The van der Waals surface area contributed by atoms with Gasteiger partial charge in [-0.2, -0.15) is 0 Å². The molecule has 1 fully saturated rings. The van der Waals surface area contributed by atoms with E-state index in [9.17, 15) is 9.90 Å². The first kappa shape index (κ1) is 31.8. The molecule has 1 aliphatic rings. The zero-order valence-electron chi connectivity index (χ0n) is 24.5. The van der Waals surface area contributed by atoms with Crippen molar-refractivity contribution in [2.45, 2.75) is 136 Å². The Morgan fingerprint density at radius 2 is 1.62 bits per heavy atom. The summed E-state index contributed by atoms with van der Waals surface area (Å²) in [6, 6.07) is 0. The number of unbranched alkanes of at least 4 members (excludes halogenated alkanes) is 1. The lowest BCUT2D eigenvalue weighted by molar-refractivity contribution is -0.122. The molecule has 200 valence electrons. The van der Waals surface area contributed by atoms with Crippen LogP contribution >= 0.6 is 0 Å². The molecular formula is C28H56O4Si2. The predicted octanol–water partition coefficient (Wildman–Crippen LogP) is 7.74. The maximum Gasteiger partial charge on any atom is 0.192 e. The van der Waals surface area contributed by atoms with Gasteiger partial charge >= 0.3 is 0 Å². The maximum atomic E-state index is 12.8. The van der Waals surface area contributed by atoms with Crippen molar-refractivity contribution in [3.05, 3.63) is 12.2 Å². The van der Waals surface area contributed by atoms with Crippen molar-refractivity contribution in [3.63, 3.8) is 0 Å². The van der Waals surface area contributed by atoms with Crippen LogP contribution in [-0.2, 0) is 13.6 Å². The fourth-order valence-electron chi connectivity index (χ4n) is 4.16. The van der Waals surface area contributed by atoms with E-state index in [2.05, 4.69) is 93.7 Å². The Balaban J connectivity index is 3.21. The predicted molar refractivity (Wildman–Crippen MR) is 150 cm³/mol. The van der Waals surface area contributed by atoms with E-state index >= 15 is 0 Å². The third-order valence-corrected chi connectivity index (χ3v) is 17.7. The Hall–Kier alpha value is -0.276. The fraction of sp³-hybridized carbons (Fsp3) is 0.893. The SMILES string of the molecule is CCCCC(C)CC(C=CC1C(O[Si](C)(C)C(C)(C)C)CC(=O)C1CO)O[Si](C)(C)C(C)(C)C. The number of carbonyl (C=O) groups excluding carboxylic acids is 1.